The molecule has 0 saturated carbocycles. The number of carbonyl (C=O) groups is 1. The minimum Gasteiger partial charge on any atom is -0.496 e. The van der Waals surface area contributed by atoms with Crippen molar-refractivity contribution in [1.82, 2.24) is 4.90 Å². The molecule has 1 saturated heterocycles. The first kappa shape index (κ1) is 22.9. The summed E-state index contributed by atoms with van der Waals surface area (Å²) in [5, 5.41) is 0. The highest BCUT2D eigenvalue weighted by molar-refractivity contribution is 7.92. The zero-order valence-corrected chi connectivity index (χ0v) is 19.1. The van der Waals surface area contributed by atoms with Crippen molar-refractivity contribution in [3.05, 3.63) is 48.0 Å². The molecule has 1 N–H and O–H groups in total. The van der Waals surface area contributed by atoms with Crippen LogP contribution in [0.5, 0.6) is 11.5 Å². The molecular formula is C23H30N2O5S. The number of nitrogens with one attached hydrogen (secondary N) is 1. The molecule has 168 valence electrons. The molecule has 0 unspecified atom stereocenters. The zero-order valence-electron chi connectivity index (χ0n) is 18.3. The van der Waals surface area contributed by atoms with Crippen molar-refractivity contribution >= 4 is 21.6 Å². The van der Waals surface area contributed by atoms with Gasteiger partial charge in [-0.3, -0.25) is 9.52 Å². The van der Waals surface area contributed by atoms with Crippen LogP contribution in [0.3, 0.4) is 0 Å². The van der Waals surface area contributed by atoms with E-state index in [1.54, 1.807) is 29.2 Å². The van der Waals surface area contributed by atoms with Crippen LogP contribution < -0.4 is 14.2 Å². The fourth-order valence-electron chi connectivity index (χ4n) is 3.58. The number of likely N-dealkylation sites (tertiary alicyclic amines) is 1. The van der Waals surface area contributed by atoms with E-state index in [0.717, 1.165) is 25.7 Å². The molecule has 0 bridgehead atoms. The van der Waals surface area contributed by atoms with Crippen LogP contribution in [0.25, 0.3) is 0 Å². The molecule has 0 spiro atoms. The van der Waals surface area contributed by atoms with Crippen LogP contribution >= 0.6 is 0 Å². The number of methoxy groups -OCH3 is 1. The third kappa shape index (κ3) is 5.91. The molecule has 1 heterocycles. The average Bonchev–Trinajstić information content (AvgIpc) is 3.02. The zero-order chi connectivity index (χ0) is 22.4. The summed E-state index contributed by atoms with van der Waals surface area (Å²) < 4.78 is 39.6. The molecule has 2 aromatic rings. The SMILES string of the molecule is COc1ccc(S(=O)(=O)Nc2cccc(OC(C)C)c2)cc1C(=O)N1CCCCCC1. The van der Waals surface area contributed by atoms with Gasteiger partial charge in [-0.2, -0.15) is 0 Å². The lowest BCUT2D eigenvalue weighted by atomic mass is 10.1. The topological polar surface area (TPSA) is 84.9 Å². The standard InChI is InChI=1S/C23H30N2O5S/c1-17(2)30-19-10-8-9-18(15-19)24-31(27,28)20-11-12-22(29-3)21(16-20)23(26)25-13-6-4-5-7-14-25/h8-12,15-17,24H,4-7,13-14H2,1-3H3. The maximum absolute atomic E-state index is 13.1. The second kappa shape index (κ2) is 10.0. The number of hydrogen-bond acceptors (Lipinski definition) is 5. The molecule has 31 heavy (non-hydrogen) atoms. The van der Waals surface area contributed by atoms with Crippen LogP contribution in [0.15, 0.2) is 47.4 Å². The Kier molecular flexibility index (Phi) is 7.43. The van der Waals surface area contributed by atoms with Crippen LogP contribution in [-0.2, 0) is 10.0 Å². The molecule has 1 amide bonds. The average molecular weight is 447 g/mol. The molecule has 0 atom stereocenters. The Morgan fingerprint density at radius 3 is 2.39 bits per heavy atom. The van der Waals surface area contributed by atoms with Gasteiger partial charge in [-0.25, -0.2) is 8.42 Å². The molecule has 8 heteroatoms. The normalized spacial score (nSPS) is 14.8. The molecule has 0 aromatic heterocycles. The third-order valence-corrected chi connectivity index (χ3v) is 6.44. The molecule has 3 rings (SSSR count). The molecule has 1 aliphatic rings. The lowest BCUT2D eigenvalue weighted by Gasteiger charge is -2.22. The second-order valence-corrected chi connectivity index (χ2v) is 9.55. The van der Waals surface area contributed by atoms with Crippen molar-refractivity contribution in [3.63, 3.8) is 0 Å². The molecule has 0 radical (unpaired) electrons. The number of anilines is 1. The van der Waals surface area contributed by atoms with Gasteiger partial charge in [-0.1, -0.05) is 18.9 Å². The third-order valence-electron chi connectivity index (χ3n) is 5.06. The summed E-state index contributed by atoms with van der Waals surface area (Å²) >= 11 is 0. The summed E-state index contributed by atoms with van der Waals surface area (Å²) in [6.07, 6.45) is 4.06. The minimum atomic E-state index is -3.91. The first-order chi connectivity index (χ1) is 14.8. The number of hydrogen-bond donors (Lipinski definition) is 1. The van der Waals surface area contributed by atoms with E-state index in [-0.39, 0.29) is 22.5 Å². The van der Waals surface area contributed by atoms with E-state index in [4.69, 9.17) is 9.47 Å². The van der Waals surface area contributed by atoms with E-state index in [0.29, 0.717) is 30.3 Å². The number of rotatable bonds is 7. The Balaban J connectivity index is 1.88. The van der Waals surface area contributed by atoms with Gasteiger partial charge < -0.3 is 14.4 Å². The van der Waals surface area contributed by atoms with E-state index < -0.39 is 10.0 Å². The first-order valence-electron chi connectivity index (χ1n) is 10.6. The van der Waals surface area contributed by atoms with Gasteiger partial charge in [0.2, 0.25) is 0 Å². The Hall–Kier alpha value is -2.74. The maximum atomic E-state index is 13.1. The summed E-state index contributed by atoms with van der Waals surface area (Å²) in [5.74, 6) is 0.727. The van der Waals surface area contributed by atoms with Crippen molar-refractivity contribution < 1.29 is 22.7 Å². The van der Waals surface area contributed by atoms with Gasteiger partial charge in [0.25, 0.3) is 15.9 Å². The Labute approximate surface area is 184 Å². The molecule has 1 aliphatic heterocycles. The quantitative estimate of drug-likeness (QED) is 0.685. The van der Waals surface area contributed by atoms with Gasteiger partial charge in [-0.05, 0) is 57.0 Å². The molecular weight excluding hydrogens is 416 g/mol. The van der Waals surface area contributed by atoms with Gasteiger partial charge >= 0.3 is 0 Å². The number of nitrogens with zero attached hydrogens (tertiary/aromatic N) is 1. The van der Waals surface area contributed by atoms with Gasteiger partial charge in [0.15, 0.2) is 0 Å². The highest BCUT2D eigenvalue weighted by atomic mass is 32.2. The van der Waals surface area contributed by atoms with Crippen molar-refractivity contribution in [1.29, 1.82) is 0 Å². The van der Waals surface area contributed by atoms with Crippen LogP contribution in [0, 0.1) is 0 Å². The van der Waals surface area contributed by atoms with E-state index in [2.05, 4.69) is 4.72 Å². The van der Waals surface area contributed by atoms with Crippen LogP contribution in [0.4, 0.5) is 5.69 Å². The predicted octanol–water partition coefficient (Wildman–Crippen LogP) is 4.30. The maximum Gasteiger partial charge on any atom is 0.261 e. The van der Waals surface area contributed by atoms with Crippen molar-refractivity contribution in [3.8, 4) is 11.5 Å². The molecule has 2 aromatic carbocycles. The van der Waals surface area contributed by atoms with Crippen molar-refractivity contribution in [2.45, 2.75) is 50.5 Å². The smallest absolute Gasteiger partial charge is 0.261 e. The predicted molar refractivity (Wildman–Crippen MR) is 120 cm³/mol. The highest BCUT2D eigenvalue weighted by Crippen LogP contribution is 2.27. The van der Waals surface area contributed by atoms with Crippen LogP contribution in [0.1, 0.15) is 49.9 Å². The number of amides is 1. The van der Waals surface area contributed by atoms with E-state index in [1.165, 1.54) is 25.3 Å². The first-order valence-corrected chi connectivity index (χ1v) is 12.1. The van der Waals surface area contributed by atoms with Crippen molar-refractivity contribution in [2.24, 2.45) is 0 Å². The van der Waals surface area contributed by atoms with Crippen LogP contribution in [0.2, 0.25) is 0 Å². The lowest BCUT2D eigenvalue weighted by molar-refractivity contribution is 0.0758. The molecule has 1 fully saturated rings. The van der Waals surface area contributed by atoms with E-state index in [9.17, 15) is 13.2 Å². The highest BCUT2D eigenvalue weighted by Gasteiger charge is 2.24. The Morgan fingerprint density at radius 2 is 1.74 bits per heavy atom. The van der Waals surface area contributed by atoms with Gasteiger partial charge in [-0.15, -0.1) is 0 Å². The van der Waals surface area contributed by atoms with Gasteiger partial charge in [0, 0.05) is 19.2 Å². The van der Waals surface area contributed by atoms with E-state index in [1.807, 2.05) is 13.8 Å². The van der Waals surface area contributed by atoms with Gasteiger partial charge in [0.1, 0.15) is 11.5 Å². The summed E-state index contributed by atoms with van der Waals surface area (Å²) in [4.78, 5) is 14.9. The summed E-state index contributed by atoms with van der Waals surface area (Å²) in [7, 11) is -2.44. The number of carbonyl (C=O) groups excluding carboxylic acids is 1. The number of ether oxygens (including phenoxy) is 2. The molecule has 0 aliphatic carbocycles. The Morgan fingerprint density at radius 1 is 1.03 bits per heavy atom. The van der Waals surface area contributed by atoms with Crippen LogP contribution in [-0.4, -0.2) is 45.5 Å². The fraction of sp³-hybridized carbons (Fsp3) is 0.435. The van der Waals surface area contributed by atoms with Crippen molar-refractivity contribution in [2.75, 3.05) is 24.9 Å². The summed E-state index contributed by atoms with van der Waals surface area (Å²) in [6.45, 7) is 5.13. The minimum absolute atomic E-state index is 0.00153. The van der Waals surface area contributed by atoms with E-state index >= 15 is 0 Å². The lowest BCUT2D eigenvalue weighted by Crippen LogP contribution is -2.32. The Bertz CT molecular complexity index is 1010. The second-order valence-electron chi connectivity index (χ2n) is 7.87. The summed E-state index contributed by atoms with van der Waals surface area (Å²) in [5.41, 5.74) is 0.638. The fourth-order valence-corrected chi connectivity index (χ4v) is 4.66. The van der Waals surface area contributed by atoms with Gasteiger partial charge in [0.05, 0.1) is 29.4 Å². The monoisotopic (exact) mass is 446 g/mol. The number of benzene rings is 2. The number of sulfonamides is 1. The molecule has 7 nitrogen and oxygen atoms in total. The largest absolute Gasteiger partial charge is 0.496 e. The summed E-state index contributed by atoms with van der Waals surface area (Å²) in [6, 6.07) is 11.1.